The smallest absolute Gasteiger partial charge is 0.0657 e. The van der Waals surface area contributed by atoms with Crippen molar-refractivity contribution in [3.63, 3.8) is 0 Å². The molecule has 0 aromatic rings. The number of hydrogen-bond donors (Lipinski definition) is 0. The Labute approximate surface area is 37.5 Å². The molecule has 3 heteroatoms. The second-order valence-electron chi connectivity index (χ2n) is 0.644. The zero-order valence-corrected chi connectivity index (χ0v) is 4.69. The van der Waals surface area contributed by atoms with E-state index >= 15 is 0 Å². The third-order valence-electron chi connectivity index (χ3n) is 0.227. The molecular formula is C2H6ClOP. The summed E-state index contributed by atoms with van der Waals surface area (Å²) in [5.74, 6) is 0.541. The van der Waals surface area contributed by atoms with E-state index in [2.05, 4.69) is 0 Å². The number of rotatable bonds is 2. The van der Waals surface area contributed by atoms with Crippen LogP contribution < -0.4 is 0 Å². The first kappa shape index (κ1) is 5.52. The molecule has 0 aromatic carbocycles. The molecule has 0 fully saturated rings. The standard InChI is InChI=1S/C2H6ClOP/c3-1-2-5-4/h1-2,5H2. The molecule has 0 radical (unpaired) electrons. The van der Waals surface area contributed by atoms with Crippen LogP contribution >= 0.6 is 20.1 Å². The fourth-order valence-corrected chi connectivity index (χ4v) is 0.401. The highest BCUT2D eigenvalue weighted by atomic mass is 35.5. The van der Waals surface area contributed by atoms with Gasteiger partial charge in [0.1, 0.15) is 0 Å². The zero-order chi connectivity index (χ0) is 4.12. The lowest BCUT2D eigenvalue weighted by molar-refractivity contribution is 0.599. The van der Waals surface area contributed by atoms with Gasteiger partial charge in [-0.15, -0.1) is 11.6 Å². The highest BCUT2D eigenvalue weighted by Gasteiger charge is 1.67. The van der Waals surface area contributed by atoms with Crippen molar-refractivity contribution < 1.29 is 4.57 Å². The second kappa shape index (κ2) is 4.52. The molecule has 0 aliphatic carbocycles. The van der Waals surface area contributed by atoms with Crippen LogP contribution in [0.15, 0.2) is 0 Å². The Balaban J connectivity index is 2.40. The van der Waals surface area contributed by atoms with Crippen LogP contribution in [0.1, 0.15) is 0 Å². The van der Waals surface area contributed by atoms with Gasteiger partial charge in [-0.1, -0.05) is 0 Å². The molecule has 0 aliphatic rings. The summed E-state index contributed by atoms with van der Waals surface area (Å²) in [5, 5.41) is 0. The Bertz CT molecular complexity index is 30.8. The average molecular weight is 112 g/mol. The van der Waals surface area contributed by atoms with Gasteiger partial charge in [0.25, 0.3) is 0 Å². The van der Waals surface area contributed by atoms with Gasteiger partial charge in [0.05, 0.1) is 8.46 Å². The summed E-state index contributed by atoms with van der Waals surface area (Å²) in [7, 11) is -0.596. The average Bonchev–Trinajstić information content (AvgIpc) is 1.41. The molecule has 32 valence electrons. The Kier molecular flexibility index (Phi) is 4.99. The van der Waals surface area contributed by atoms with Crippen molar-refractivity contribution in [1.29, 1.82) is 0 Å². The van der Waals surface area contributed by atoms with Crippen LogP contribution in [0, 0.1) is 0 Å². The highest BCUT2D eigenvalue weighted by molar-refractivity contribution is 7.23. The van der Waals surface area contributed by atoms with Crippen molar-refractivity contribution in [1.82, 2.24) is 0 Å². The molecule has 0 bridgehead atoms. The number of hydrogen-bond acceptors (Lipinski definition) is 1. The van der Waals surface area contributed by atoms with E-state index in [4.69, 9.17) is 11.6 Å². The van der Waals surface area contributed by atoms with E-state index in [1.165, 1.54) is 0 Å². The van der Waals surface area contributed by atoms with Gasteiger partial charge in [-0.3, -0.25) is 0 Å². The van der Waals surface area contributed by atoms with E-state index in [0.29, 0.717) is 12.0 Å². The molecule has 0 N–H and O–H groups in total. The van der Waals surface area contributed by atoms with Gasteiger partial charge >= 0.3 is 0 Å². The van der Waals surface area contributed by atoms with Crippen LogP contribution in [0.25, 0.3) is 0 Å². The molecular weight excluding hydrogens is 106 g/mol. The van der Waals surface area contributed by atoms with Gasteiger partial charge in [-0.2, -0.15) is 0 Å². The first-order valence-corrected chi connectivity index (χ1v) is 3.23. The first-order chi connectivity index (χ1) is 2.41. The summed E-state index contributed by atoms with van der Waals surface area (Å²) in [5.41, 5.74) is 0. The maximum atomic E-state index is 9.53. The van der Waals surface area contributed by atoms with Crippen LogP contribution in [0.4, 0.5) is 0 Å². The van der Waals surface area contributed by atoms with Crippen molar-refractivity contribution in [2.45, 2.75) is 0 Å². The molecule has 0 rings (SSSR count). The molecule has 1 unspecified atom stereocenters. The van der Waals surface area contributed by atoms with Gasteiger partial charge < -0.3 is 4.57 Å². The van der Waals surface area contributed by atoms with Crippen molar-refractivity contribution >= 4 is 20.1 Å². The Morgan fingerprint density at radius 1 is 1.80 bits per heavy atom. The molecule has 1 atom stereocenters. The molecule has 1 nitrogen and oxygen atoms in total. The van der Waals surface area contributed by atoms with E-state index in [1.807, 2.05) is 0 Å². The minimum Gasteiger partial charge on any atom is -0.330 e. The third kappa shape index (κ3) is 4.52. The van der Waals surface area contributed by atoms with Gasteiger partial charge in [-0.05, 0) is 0 Å². The lowest BCUT2D eigenvalue weighted by Gasteiger charge is -1.67. The van der Waals surface area contributed by atoms with Gasteiger partial charge in [0.2, 0.25) is 0 Å². The largest absolute Gasteiger partial charge is 0.330 e. The van der Waals surface area contributed by atoms with Crippen molar-refractivity contribution in [3.8, 4) is 0 Å². The number of alkyl halides is 1. The highest BCUT2D eigenvalue weighted by Crippen LogP contribution is 1.89. The second-order valence-corrected chi connectivity index (χ2v) is 1.93. The van der Waals surface area contributed by atoms with E-state index in [9.17, 15) is 4.57 Å². The molecule has 0 aliphatic heterocycles. The van der Waals surface area contributed by atoms with Crippen LogP contribution in [-0.2, 0) is 4.57 Å². The van der Waals surface area contributed by atoms with E-state index in [0.717, 1.165) is 0 Å². The van der Waals surface area contributed by atoms with Crippen molar-refractivity contribution in [2.24, 2.45) is 0 Å². The molecule has 0 heterocycles. The topological polar surface area (TPSA) is 17.1 Å². The monoisotopic (exact) mass is 112 g/mol. The van der Waals surface area contributed by atoms with E-state index in [1.54, 1.807) is 0 Å². The molecule has 0 saturated carbocycles. The van der Waals surface area contributed by atoms with Crippen LogP contribution in [-0.4, -0.2) is 12.0 Å². The quantitative estimate of drug-likeness (QED) is 0.385. The molecule has 0 aromatic heterocycles. The first-order valence-electron chi connectivity index (χ1n) is 1.41. The summed E-state index contributed by atoms with van der Waals surface area (Å²) in [4.78, 5) is 0. The fraction of sp³-hybridized carbons (Fsp3) is 1.00. The van der Waals surface area contributed by atoms with Crippen LogP contribution in [0.2, 0.25) is 0 Å². The molecule has 0 amide bonds. The summed E-state index contributed by atoms with van der Waals surface area (Å²) in [6.07, 6.45) is 0.682. The fourth-order valence-electron chi connectivity index (χ4n) is 0.0445. The van der Waals surface area contributed by atoms with Crippen molar-refractivity contribution in [3.05, 3.63) is 0 Å². The predicted molar refractivity (Wildman–Crippen MR) is 26.0 cm³/mol. The van der Waals surface area contributed by atoms with Gasteiger partial charge in [-0.25, -0.2) is 0 Å². The van der Waals surface area contributed by atoms with Gasteiger partial charge in [0.15, 0.2) is 0 Å². The van der Waals surface area contributed by atoms with E-state index in [-0.39, 0.29) is 0 Å². The summed E-state index contributed by atoms with van der Waals surface area (Å²) >= 11 is 5.12. The maximum Gasteiger partial charge on any atom is 0.0657 e. The maximum absolute atomic E-state index is 9.53. The molecule has 0 spiro atoms. The predicted octanol–water partition coefficient (Wildman–Crippen LogP) is 0.981. The van der Waals surface area contributed by atoms with E-state index < -0.39 is 8.46 Å². The Morgan fingerprint density at radius 2 is 2.40 bits per heavy atom. The minimum absolute atomic E-state index is 0.541. The lowest BCUT2D eigenvalue weighted by atomic mass is 11.0. The van der Waals surface area contributed by atoms with Crippen molar-refractivity contribution in [2.75, 3.05) is 12.0 Å². The Hall–Kier alpha value is 0.520. The summed E-state index contributed by atoms with van der Waals surface area (Å²) in [6.45, 7) is 0. The third-order valence-corrected chi connectivity index (χ3v) is 1.34. The normalized spacial score (nSPS) is 10.6. The van der Waals surface area contributed by atoms with Gasteiger partial charge in [0, 0.05) is 12.0 Å². The summed E-state index contributed by atoms with van der Waals surface area (Å²) < 4.78 is 9.53. The SMILES string of the molecule is O=[PH2]CCCl. The molecule has 0 saturated heterocycles. The lowest BCUT2D eigenvalue weighted by Crippen LogP contribution is -1.65. The minimum atomic E-state index is -0.596. The Morgan fingerprint density at radius 3 is 2.40 bits per heavy atom. The molecule has 5 heavy (non-hydrogen) atoms. The van der Waals surface area contributed by atoms with Crippen LogP contribution in [0.3, 0.4) is 0 Å². The number of halogens is 1. The summed E-state index contributed by atoms with van der Waals surface area (Å²) in [6, 6.07) is 0. The zero-order valence-electron chi connectivity index (χ0n) is 2.78. The van der Waals surface area contributed by atoms with Crippen LogP contribution in [0.5, 0.6) is 0 Å².